The Morgan fingerprint density at radius 1 is 0.381 bits per heavy atom. The lowest BCUT2D eigenvalue weighted by Gasteiger charge is -2.12. The minimum atomic E-state index is 0.664. The molecule has 13 rings (SSSR count). The average molecular weight is 808 g/mol. The molecular weight excluding hydrogens is 775 g/mol. The summed E-state index contributed by atoms with van der Waals surface area (Å²) in [7, 11) is 0. The molecule has 0 aliphatic carbocycles. The maximum Gasteiger partial charge on any atom is 0.162 e. The van der Waals surface area contributed by atoms with Gasteiger partial charge in [-0.25, -0.2) is 15.0 Å². The number of hydrogen-bond donors (Lipinski definition) is 0. The van der Waals surface area contributed by atoms with Crippen molar-refractivity contribution < 1.29 is 4.42 Å². The Morgan fingerprint density at radius 3 is 1.86 bits per heavy atom. The number of benzene rings is 7. The van der Waals surface area contributed by atoms with Gasteiger partial charge in [0.05, 0.1) is 51.5 Å². The van der Waals surface area contributed by atoms with Gasteiger partial charge >= 0.3 is 0 Å². The van der Waals surface area contributed by atoms with Crippen molar-refractivity contribution in [1.29, 1.82) is 0 Å². The first-order chi connectivity index (χ1) is 31.2. The zero-order valence-corrected chi connectivity index (χ0v) is 33.6. The van der Waals surface area contributed by atoms with Crippen molar-refractivity contribution in [3.8, 4) is 56.7 Å². The van der Waals surface area contributed by atoms with E-state index >= 15 is 0 Å². The molecule has 0 saturated heterocycles. The molecule has 0 N–H and O–H groups in total. The number of fused-ring (bicyclic) bond motifs is 9. The van der Waals surface area contributed by atoms with Gasteiger partial charge in [-0.1, -0.05) is 115 Å². The molecule has 8 nitrogen and oxygen atoms in total. The molecule has 0 aliphatic rings. The summed E-state index contributed by atoms with van der Waals surface area (Å²) in [4.78, 5) is 25.0. The van der Waals surface area contributed by atoms with Crippen molar-refractivity contribution in [1.82, 2.24) is 34.1 Å². The second-order valence-electron chi connectivity index (χ2n) is 15.8. The van der Waals surface area contributed by atoms with Crippen LogP contribution in [0.1, 0.15) is 0 Å². The first kappa shape index (κ1) is 35.0. The number of para-hydroxylation sites is 2. The molecule has 0 radical (unpaired) electrons. The highest BCUT2D eigenvalue weighted by atomic mass is 16.3. The number of nitrogens with zero attached hydrogens (tertiary/aromatic N) is 7. The van der Waals surface area contributed by atoms with Crippen molar-refractivity contribution in [2.24, 2.45) is 0 Å². The summed E-state index contributed by atoms with van der Waals surface area (Å²) in [5.74, 6) is 1.45. The lowest BCUT2D eigenvalue weighted by atomic mass is 10.1. The fourth-order valence-electron chi connectivity index (χ4n) is 9.18. The van der Waals surface area contributed by atoms with Crippen LogP contribution in [0.5, 0.6) is 0 Å². The van der Waals surface area contributed by atoms with Crippen LogP contribution in [0.25, 0.3) is 122 Å². The normalized spacial score (nSPS) is 11.8. The quantitative estimate of drug-likeness (QED) is 0.166. The lowest BCUT2D eigenvalue weighted by Crippen LogP contribution is -2.02. The molecular formula is C55H33N7O. The Hall–Kier alpha value is -8.75. The third-order valence-electron chi connectivity index (χ3n) is 12.1. The van der Waals surface area contributed by atoms with E-state index in [9.17, 15) is 0 Å². The minimum absolute atomic E-state index is 0.664. The van der Waals surface area contributed by atoms with Crippen LogP contribution in [-0.2, 0) is 0 Å². The molecule has 0 fully saturated rings. The fraction of sp³-hybridized carbons (Fsp3) is 0. The molecule has 63 heavy (non-hydrogen) atoms. The zero-order chi connectivity index (χ0) is 41.4. The van der Waals surface area contributed by atoms with E-state index in [0.717, 1.165) is 117 Å². The third-order valence-corrected chi connectivity index (χ3v) is 12.1. The van der Waals surface area contributed by atoms with Crippen LogP contribution >= 0.6 is 0 Å². The van der Waals surface area contributed by atoms with E-state index in [1.165, 1.54) is 0 Å². The first-order valence-electron chi connectivity index (χ1n) is 20.9. The van der Waals surface area contributed by atoms with Crippen LogP contribution in [0.4, 0.5) is 0 Å². The van der Waals surface area contributed by atoms with E-state index in [2.05, 4.69) is 142 Å². The molecule has 0 unspecified atom stereocenters. The highest BCUT2D eigenvalue weighted by Crippen LogP contribution is 2.39. The predicted octanol–water partition coefficient (Wildman–Crippen LogP) is 13.4. The highest BCUT2D eigenvalue weighted by Gasteiger charge is 2.19. The van der Waals surface area contributed by atoms with Crippen LogP contribution in [0.15, 0.2) is 205 Å². The second kappa shape index (κ2) is 13.9. The van der Waals surface area contributed by atoms with Gasteiger partial charge in [0.25, 0.3) is 0 Å². The molecule has 0 saturated carbocycles. The Labute approximate surface area is 360 Å². The number of aromatic nitrogens is 7. The van der Waals surface area contributed by atoms with Crippen molar-refractivity contribution in [2.45, 2.75) is 0 Å². The maximum atomic E-state index is 6.11. The van der Waals surface area contributed by atoms with Crippen molar-refractivity contribution in [3.63, 3.8) is 0 Å². The van der Waals surface area contributed by atoms with Gasteiger partial charge in [-0.3, -0.25) is 14.5 Å². The number of rotatable bonds is 6. The van der Waals surface area contributed by atoms with Crippen molar-refractivity contribution in [2.75, 3.05) is 0 Å². The van der Waals surface area contributed by atoms with Gasteiger partial charge in [0.2, 0.25) is 0 Å². The Bertz CT molecular complexity index is 3870. The van der Waals surface area contributed by atoms with Crippen molar-refractivity contribution in [3.05, 3.63) is 201 Å². The van der Waals surface area contributed by atoms with Gasteiger partial charge < -0.3 is 8.98 Å². The maximum absolute atomic E-state index is 6.11. The summed E-state index contributed by atoms with van der Waals surface area (Å²) in [5.41, 5.74) is 14.1. The number of furan rings is 1. The standard InChI is InChI=1S/C55H33N7O/c1-3-12-34(13-4-1)44-31-53(60-55(59-44)35-14-5-2-6-15-35)62-48-19-10-7-16-39(48)41-24-21-37(29-50(41)62)46-33-56-32-45(58-46)36-22-25-49-42(28-36)40-17-8-9-18-47(40)61(49)38-23-26-51-43(30-38)54-52(63-51)20-11-27-57-54/h1-33H. The molecule has 13 aromatic rings. The van der Waals surface area contributed by atoms with Crippen LogP contribution < -0.4 is 0 Å². The monoisotopic (exact) mass is 807 g/mol. The summed E-state index contributed by atoms with van der Waals surface area (Å²) in [5, 5.41) is 5.54. The molecule has 0 spiro atoms. The summed E-state index contributed by atoms with van der Waals surface area (Å²) in [6, 6.07) is 62.9. The molecule has 0 aliphatic heterocycles. The van der Waals surface area contributed by atoms with Crippen LogP contribution in [0.3, 0.4) is 0 Å². The topological polar surface area (TPSA) is 87.5 Å². The second-order valence-corrected chi connectivity index (χ2v) is 15.8. The van der Waals surface area contributed by atoms with Gasteiger partial charge in [-0.15, -0.1) is 0 Å². The van der Waals surface area contributed by atoms with Crippen LogP contribution in [0, 0.1) is 0 Å². The smallest absolute Gasteiger partial charge is 0.162 e. The highest BCUT2D eigenvalue weighted by molar-refractivity contribution is 6.12. The lowest BCUT2D eigenvalue weighted by molar-refractivity contribution is 0.668. The molecule has 0 amide bonds. The van der Waals surface area contributed by atoms with Gasteiger partial charge in [0, 0.05) is 67.1 Å². The van der Waals surface area contributed by atoms with E-state index in [-0.39, 0.29) is 0 Å². The molecule has 6 heterocycles. The molecule has 7 aromatic carbocycles. The summed E-state index contributed by atoms with van der Waals surface area (Å²) in [6.45, 7) is 0. The van der Waals surface area contributed by atoms with Gasteiger partial charge in [0.1, 0.15) is 16.9 Å². The Morgan fingerprint density at radius 2 is 1.05 bits per heavy atom. The van der Waals surface area contributed by atoms with E-state index in [1.54, 1.807) is 0 Å². The molecule has 8 heteroatoms. The van der Waals surface area contributed by atoms with E-state index in [1.807, 2.05) is 73.2 Å². The predicted molar refractivity (Wildman–Crippen MR) is 253 cm³/mol. The third kappa shape index (κ3) is 5.66. The number of pyridine rings is 1. The van der Waals surface area contributed by atoms with Crippen LogP contribution in [-0.4, -0.2) is 34.1 Å². The largest absolute Gasteiger partial charge is 0.454 e. The first-order valence-corrected chi connectivity index (χ1v) is 20.9. The van der Waals surface area contributed by atoms with E-state index in [4.69, 9.17) is 24.4 Å². The molecule has 0 bridgehead atoms. The molecule has 6 aromatic heterocycles. The van der Waals surface area contributed by atoms with Crippen LogP contribution in [0.2, 0.25) is 0 Å². The molecule has 294 valence electrons. The van der Waals surface area contributed by atoms with Gasteiger partial charge in [-0.2, -0.15) is 0 Å². The fourth-order valence-corrected chi connectivity index (χ4v) is 9.18. The van der Waals surface area contributed by atoms with E-state index in [0.29, 0.717) is 5.82 Å². The molecule has 0 atom stereocenters. The minimum Gasteiger partial charge on any atom is -0.454 e. The summed E-state index contributed by atoms with van der Waals surface area (Å²) >= 11 is 0. The Balaban J connectivity index is 0.942. The zero-order valence-electron chi connectivity index (χ0n) is 33.6. The van der Waals surface area contributed by atoms with Gasteiger partial charge in [0.15, 0.2) is 11.4 Å². The van der Waals surface area contributed by atoms with E-state index < -0.39 is 0 Å². The average Bonchev–Trinajstić information content (AvgIpc) is 4.01. The summed E-state index contributed by atoms with van der Waals surface area (Å²) < 4.78 is 10.7. The Kier molecular flexibility index (Phi) is 7.74. The summed E-state index contributed by atoms with van der Waals surface area (Å²) in [6.07, 6.45) is 5.50. The van der Waals surface area contributed by atoms with Crippen molar-refractivity contribution >= 4 is 65.7 Å². The van der Waals surface area contributed by atoms with Gasteiger partial charge in [-0.05, 0) is 60.7 Å². The number of hydrogen-bond acceptors (Lipinski definition) is 6. The SMILES string of the molecule is c1ccc(-c2cc(-n3c4ccccc4c4ccc(-c5cncc(-c6ccc7c(c6)c6ccccc6n7-c6ccc7oc8cccnc8c7c6)n5)cc43)nc(-c3ccccc3)n2)cc1.